The zero-order chi connectivity index (χ0) is 12.4. The minimum atomic E-state index is -0.925. The number of carboxylic acids is 1. The van der Waals surface area contributed by atoms with Crippen LogP contribution in [0.5, 0.6) is 0 Å². The number of carboxylic acid groups (broad SMARTS) is 1. The van der Waals surface area contributed by atoms with Crippen molar-refractivity contribution in [1.82, 2.24) is 10.6 Å². The maximum Gasteiger partial charge on any atom is 0.315 e. The summed E-state index contributed by atoms with van der Waals surface area (Å²) in [6.07, 6.45) is 2.09. The fourth-order valence-corrected chi connectivity index (χ4v) is 2.19. The third-order valence-electron chi connectivity index (χ3n) is 3.48. The van der Waals surface area contributed by atoms with Gasteiger partial charge >= 0.3 is 12.0 Å². The van der Waals surface area contributed by atoms with Crippen LogP contribution in [-0.2, 0) is 9.53 Å². The van der Waals surface area contributed by atoms with E-state index in [0.717, 1.165) is 12.8 Å². The van der Waals surface area contributed by atoms with Crippen LogP contribution in [0, 0.1) is 11.8 Å². The van der Waals surface area contributed by atoms with Crippen molar-refractivity contribution >= 4 is 12.0 Å². The molecule has 1 saturated heterocycles. The molecule has 0 bridgehead atoms. The van der Waals surface area contributed by atoms with Gasteiger partial charge in [-0.1, -0.05) is 13.3 Å². The Morgan fingerprint density at radius 1 is 1.29 bits per heavy atom. The second kappa shape index (κ2) is 4.91. The van der Waals surface area contributed by atoms with E-state index in [1.165, 1.54) is 0 Å². The number of amides is 2. The molecule has 2 rings (SSSR count). The summed E-state index contributed by atoms with van der Waals surface area (Å²) in [6.45, 7) is 2.53. The molecule has 6 heteroatoms. The summed E-state index contributed by atoms with van der Waals surface area (Å²) in [5.74, 6) is -0.983. The number of hydrogen-bond donors (Lipinski definition) is 3. The maximum atomic E-state index is 11.6. The van der Waals surface area contributed by atoms with Gasteiger partial charge in [-0.15, -0.1) is 0 Å². The predicted molar refractivity (Wildman–Crippen MR) is 59.6 cm³/mol. The van der Waals surface area contributed by atoms with Gasteiger partial charge in [0.1, 0.15) is 5.92 Å². The number of nitrogens with one attached hydrogen (secondary N) is 2. The Balaban J connectivity index is 1.76. The number of carbonyl (C=O) groups excluding carboxylic acids is 1. The molecule has 1 aliphatic carbocycles. The second-order valence-corrected chi connectivity index (χ2v) is 4.72. The molecule has 1 saturated carbocycles. The minimum absolute atomic E-state index is 0.168. The van der Waals surface area contributed by atoms with Crippen molar-refractivity contribution < 1.29 is 19.4 Å². The first kappa shape index (κ1) is 12.2. The Morgan fingerprint density at radius 2 is 2.00 bits per heavy atom. The first-order valence-electron chi connectivity index (χ1n) is 5.99. The first-order valence-corrected chi connectivity index (χ1v) is 5.99. The molecule has 0 aromatic carbocycles. The van der Waals surface area contributed by atoms with Crippen LogP contribution in [0.25, 0.3) is 0 Å². The molecular formula is C11H18N2O4. The topological polar surface area (TPSA) is 87.7 Å². The molecule has 1 heterocycles. The van der Waals surface area contributed by atoms with E-state index in [2.05, 4.69) is 17.6 Å². The second-order valence-electron chi connectivity index (χ2n) is 4.72. The average molecular weight is 242 g/mol. The van der Waals surface area contributed by atoms with E-state index in [9.17, 15) is 9.59 Å². The fraction of sp³-hybridized carbons (Fsp3) is 0.818. The van der Waals surface area contributed by atoms with Crippen molar-refractivity contribution in [2.45, 2.75) is 31.8 Å². The van der Waals surface area contributed by atoms with Gasteiger partial charge in [-0.25, -0.2) is 4.79 Å². The number of carbonyl (C=O) groups is 2. The van der Waals surface area contributed by atoms with Gasteiger partial charge < -0.3 is 20.5 Å². The van der Waals surface area contributed by atoms with Crippen LogP contribution in [0.2, 0.25) is 0 Å². The number of ether oxygens (including phenoxy) is 1. The molecule has 17 heavy (non-hydrogen) atoms. The predicted octanol–water partition coefficient (Wildman–Crippen LogP) is 0.184. The zero-order valence-electron chi connectivity index (χ0n) is 9.81. The van der Waals surface area contributed by atoms with Crippen LogP contribution in [0.15, 0.2) is 0 Å². The SMILES string of the molecule is CCC1CC1NC(=O)NC1COCC1C(=O)O. The third-order valence-corrected chi connectivity index (χ3v) is 3.48. The van der Waals surface area contributed by atoms with Gasteiger partial charge in [0.05, 0.1) is 19.3 Å². The van der Waals surface area contributed by atoms with Gasteiger partial charge in [-0.3, -0.25) is 4.79 Å². The van der Waals surface area contributed by atoms with Crippen LogP contribution >= 0.6 is 0 Å². The molecule has 4 unspecified atom stereocenters. The van der Waals surface area contributed by atoms with Crippen molar-refractivity contribution in [3.05, 3.63) is 0 Å². The lowest BCUT2D eigenvalue weighted by atomic mass is 10.0. The summed E-state index contributed by atoms with van der Waals surface area (Å²) < 4.78 is 5.07. The van der Waals surface area contributed by atoms with E-state index >= 15 is 0 Å². The number of rotatable bonds is 4. The van der Waals surface area contributed by atoms with Crippen LogP contribution in [0.1, 0.15) is 19.8 Å². The number of hydrogen-bond acceptors (Lipinski definition) is 3. The molecule has 0 aromatic heterocycles. The van der Waals surface area contributed by atoms with Gasteiger partial charge in [0.15, 0.2) is 0 Å². The molecule has 0 radical (unpaired) electrons. The van der Waals surface area contributed by atoms with Gasteiger partial charge in [-0.05, 0) is 12.3 Å². The molecule has 3 N–H and O–H groups in total. The third kappa shape index (κ3) is 2.88. The van der Waals surface area contributed by atoms with Crippen LogP contribution in [0.4, 0.5) is 4.79 Å². The zero-order valence-corrected chi connectivity index (χ0v) is 9.81. The molecular weight excluding hydrogens is 224 g/mol. The van der Waals surface area contributed by atoms with Crippen molar-refractivity contribution in [3.8, 4) is 0 Å². The highest BCUT2D eigenvalue weighted by molar-refractivity contribution is 5.77. The lowest BCUT2D eigenvalue weighted by Gasteiger charge is -2.16. The first-order chi connectivity index (χ1) is 8.11. The van der Waals surface area contributed by atoms with E-state index in [1.54, 1.807) is 0 Å². The summed E-state index contributed by atoms with van der Waals surface area (Å²) in [7, 11) is 0. The van der Waals surface area contributed by atoms with E-state index in [0.29, 0.717) is 5.92 Å². The van der Waals surface area contributed by atoms with Gasteiger partial charge in [0.25, 0.3) is 0 Å². The van der Waals surface area contributed by atoms with E-state index in [4.69, 9.17) is 9.84 Å². The highest BCUT2D eigenvalue weighted by Gasteiger charge is 2.39. The lowest BCUT2D eigenvalue weighted by molar-refractivity contribution is -0.142. The molecule has 0 aromatic rings. The van der Waals surface area contributed by atoms with Gasteiger partial charge in [0.2, 0.25) is 0 Å². The maximum absolute atomic E-state index is 11.6. The molecule has 1 aliphatic heterocycles. The summed E-state index contributed by atoms with van der Waals surface area (Å²) in [5.41, 5.74) is 0. The monoisotopic (exact) mass is 242 g/mol. The Morgan fingerprint density at radius 3 is 2.59 bits per heavy atom. The van der Waals surface area contributed by atoms with E-state index < -0.39 is 17.9 Å². The quantitative estimate of drug-likeness (QED) is 0.656. The molecule has 2 aliphatic rings. The lowest BCUT2D eigenvalue weighted by Crippen LogP contribution is -2.48. The van der Waals surface area contributed by atoms with Crippen LogP contribution in [0.3, 0.4) is 0 Å². The highest BCUT2D eigenvalue weighted by atomic mass is 16.5. The van der Waals surface area contributed by atoms with Gasteiger partial charge in [0, 0.05) is 6.04 Å². The Bertz CT molecular complexity index is 321. The fourth-order valence-electron chi connectivity index (χ4n) is 2.19. The van der Waals surface area contributed by atoms with Gasteiger partial charge in [-0.2, -0.15) is 0 Å². The van der Waals surface area contributed by atoms with Crippen LogP contribution < -0.4 is 10.6 Å². The largest absolute Gasteiger partial charge is 0.481 e. The van der Waals surface area contributed by atoms with Crippen molar-refractivity contribution in [1.29, 1.82) is 0 Å². The summed E-state index contributed by atoms with van der Waals surface area (Å²) in [6, 6.07) is -0.454. The Kier molecular flexibility index (Phi) is 3.51. The molecule has 6 nitrogen and oxygen atoms in total. The van der Waals surface area contributed by atoms with Crippen molar-refractivity contribution in [2.75, 3.05) is 13.2 Å². The van der Waals surface area contributed by atoms with Crippen molar-refractivity contribution in [3.63, 3.8) is 0 Å². The number of urea groups is 1. The average Bonchev–Trinajstić information content (AvgIpc) is 2.84. The van der Waals surface area contributed by atoms with Crippen molar-refractivity contribution in [2.24, 2.45) is 11.8 Å². The standard InChI is InChI=1S/C11H18N2O4/c1-2-6-3-8(6)12-11(16)13-9-5-17-4-7(9)10(14)15/h6-9H,2-5H2,1H3,(H,14,15)(H2,12,13,16). The van der Waals surface area contributed by atoms with Crippen LogP contribution in [-0.4, -0.2) is 42.4 Å². The Labute approximate surface area is 99.7 Å². The summed E-state index contributed by atoms with van der Waals surface area (Å²) >= 11 is 0. The smallest absolute Gasteiger partial charge is 0.315 e. The molecule has 2 amide bonds. The molecule has 4 atom stereocenters. The molecule has 2 fully saturated rings. The number of aliphatic carboxylic acids is 1. The normalized spacial score (nSPS) is 35.4. The van der Waals surface area contributed by atoms with E-state index in [1.807, 2.05) is 0 Å². The summed E-state index contributed by atoms with van der Waals surface area (Å²) in [4.78, 5) is 22.5. The molecule has 0 spiro atoms. The molecule has 96 valence electrons. The summed E-state index contributed by atoms with van der Waals surface area (Å²) in [5, 5.41) is 14.4. The van der Waals surface area contributed by atoms with E-state index in [-0.39, 0.29) is 25.3 Å². The Hall–Kier alpha value is -1.30. The minimum Gasteiger partial charge on any atom is -0.481 e. The highest BCUT2D eigenvalue weighted by Crippen LogP contribution is 2.32.